The van der Waals surface area contributed by atoms with E-state index in [4.69, 9.17) is 15.0 Å². The number of benzene rings is 7. The summed E-state index contributed by atoms with van der Waals surface area (Å²) in [6.07, 6.45) is 0. The first-order valence-electron chi connectivity index (χ1n) is 18.0. The van der Waals surface area contributed by atoms with E-state index < -0.39 is 5.41 Å². The van der Waals surface area contributed by atoms with E-state index in [1.165, 1.54) is 50.1 Å². The van der Waals surface area contributed by atoms with Crippen LogP contribution in [-0.2, 0) is 10.8 Å². The number of fused-ring (bicyclic) bond motifs is 9. The summed E-state index contributed by atoms with van der Waals surface area (Å²) in [4.78, 5) is 14.8. The van der Waals surface area contributed by atoms with Gasteiger partial charge in [0.25, 0.3) is 0 Å². The maximum atomic E-state index is 4.98. The maximum Gasteiger partial charge on any atom is 0.164 e. The third-order valence-corrected chi connectivity index (χ3v) is 11.2. The number of rotatable bonds is 4. The van der Waals surface area contributed by atoms with Crippen molar-refractivity contribution >= 4 is 0 Å². The monoisotopic (exact) mass is 665 g/mol. The Morgan fingerprint density at radius 1 is 0.308 bits per heavy atom. The Hall–Kier alpha value is -6.45. The highest BCUT2D eigenvalue weighted by atomic mass is 15.0. The van der Waals surface area contributed by atoms with Crippen LogP contribution in [0, 0.1) is 0 Å². The van der Waals surface area contributed by atoms with Gasteiger partial charge in [0.2, 0.25) is 0 Å². The van der Waals surface area contributed by atoms with Crippen LogP contribution in [-0.4, -0.2) is 15.0 Å². The van der Waals surface area contributed by atoms with Crippen LogP contribution in [0.25, 0.3) is 56.4 Å². The van der Waals surface area contributed by atoms with Gasteiger partial charge in [0.15, 0.2) is 17.5 Å². The van der Waals surface area contributed by atoms with Gasteiger partial charge < -0.3 is 0 Å². The van der Waals surface area contributed by atoms with E-state index >= 15 is 0 Å². The Morgan fingerprint density at radius 2 is 0.692 bits per heavy atom. The fourth-order valence-electron chi connectivity index (χ4n) is 8.89. The lowest BCUT2D eigenvalue weighted by Gasteiger charge is -2.46. The second-order valence-electron chi connectivity index (χ2n) is 14.4. The van der Waals surface area contributed by atoms with Crippen molar-refractivity contribution in [2.45, 2.75) is 24.7 Å². The van der Waals surface area contributed by atoms with Crippen molar-refractivity contribution in [3.05, 3.63) is 209 Å². The molecule has 0 atom stereocenters. The molecule has 2 aliphatic carbocycles. The van der Waals surface area contributed by atoms with Gasteiger partial charge >= 0.3 is 0 Å². The summed E-state index contributed by atoms with van der Waals surface area (Å²) in [5.74, 6) is 1.97. The topological polar surface area (TPSA) is 38.7 Å². The standard InChI is InChI=1S/C49H35N3/c1-48(2)39-23-11-13-25-41(39)49(42-26-14-12-24-40(42)48)38-22-10-9-20-37(38)44-36(21-15-27-43(44)49)32-28-30-35(31-29-32)47-51-45(33-16-5-3-6-17-33)50-46(52-47)34-18-7-4-8-19-34/h3-31H,1-2H3. The predicted molar refractivity (Wildman–Crippen MR) is 211 cm³/mol. The van der Waals surface area contributed by atoms with Gasteiger partial charge in [-0.2, -0.15) is 0 Å². The zero-order chi connectivity index (χ0) is 34.9. The van der Waals surface area contributed by atoms with Crippen molar-refractivity contribution in [3.8, 4) is 56.4 Å². The summed E-state index contributed by atoms with van der Waals surface area (Å²) in [7, 11) is 0. The Labute approximate surface area is 304 Å². The number of hydrogen-bond acceptors (Lipinski definition) is 3. The van der Waals surface area contributed by atoms with Gasteiger partial charge in [-0.05, 0) is 55.6 Å². The Kier molecular flexibility index (Phi) is 6.74. The molecule has 1 aromatic heterocycles. The molecule has 1 spiro atoms. The van der Waals surface area contributed by atoms with E-state index in [2.05, 4.69) is 129 Å². The molecule has 0 fully saturated rings. The first-order valence-corrected chi connectivity index (χ1v) is 18.0. The van der Waals surface area contributed by atoms with Gasteiger partial charge in [-0.15, -0.1) is 0 Å². The van der Waals surface area contributed by atoms with Crippen LogP contribution in [0.3, 0.4) is 0 Å². The van der Waals surface area contributed by atoms with Gasteiger partial charge in [-0.1, -0.05) is 190 Å². The number of aromatic nitrogens is 3. The van der Waals surface area contributed by atoms with Crippen LogP contribution >= 0.6 is 0 Å². The van der Waals surface area contributed by atoms with Gasteiger partial charge in [-0.25, -0.2) is 15.0 Å². The SMILES string of the molecule is CC1(C)c2ccccc2C2(c3ccccc3-c3c(-c4ccc(-c5nc(-c6ccccc6)nc(-c6ccccc6)n5)cc4)cccc32)c2ccccc21. The second-order valence-corrected chi connectivity index (χ2v) is 14.4. The maximum absolute atomic E-state index is 4.98. The van der Waals surface area contributed by atoms with Crippen LogP contribution < -0.4 is 0 Å². The highest BCUT2D eigenvalue weighted by Crippen LogP contribution is 2.63. The smallest absolute Gasteiger partial charge is 0.164 e. The molecule has 0 saturated heterocycles. The van der Waals surface area contributed by atoms with E-state index in [1.54, 1.807) is 0 Å². The predicted octanol–water partition coefficient (Wildman–Crippen LogP) is 11.5. The zero-order valence-corrected chi connectivity index (χ0v) is 29.1. The lowest BCUT2D eigenvalue weighted by atomic mass is 9.55. The molecule has 0 amide bonds. The molecule has 8 aromatic rings. The van der Waals surface area contributed by atoms with Crippen molar-refractivity contribution in [2.24, 2.45) is 0 Å². The Bertz CT molecular complexity index is 2530. The fraction of sp³-hybridized carbons (Fsp3) is 0.0816. The van der Waals surface area contributed by atoms with Gasteiger partial charge in [0.05, 0.1) is 5.41 Å². The van der Waals surface area contributed by atoms with Crippen molar-refractivity contribution in [1.82, 2.24) is 15.0 Å². The normalized spacial score (nSPS) is 14.3. The first kappa shape index (κ1) is 30.4. The van der Waals surface area contributed by atoms with Crippen molar-refractivity contribution in [1.29, 1.82) is 0 Å². The number of hydrogen-bond donors (Lipinski definition) is 0. The van der Waals surface area contributed by atoms with E-state index in [-0.39, 0.29) is 5.41 Å². The van der Waals surface area contributed by atoms with Crippen molar-refractivity contribution < 1.29 is 0 Å². The lowest BCUT2D eigenvalue weighted by molar-refractivity contribution is 0.563. The Morgan fingerprint density at radius 3 is 1.23 bits per heavy atom. The van der Waals surface area contributed by atoms with Crippen LogP contribution in [0.2, 0.25) is 0 Å². The summed E-state index contributed by atoms with van der Waals surface area (Å²) in [6, 6.07) is 63.1. The van der Waals surface area contributed by atoms with Gasteiger partial charge in [0, 0.05) is 22.1 Å². The highest BCUT2D eigenvalue weighted by Gasteiger charge is 2.53. The summed E-state index contributed by atoms with van der Waals surface area (Å²) < 4.78 is 0. The van der Waals surface area contributed by atoms with Crippen molar-refractivity contribution in [2.75, 3.05) is 0 Å². The molecule has 1 heterocycles. The molecule has 7 aromatic carbocycles. The molecule has 52 heavy (non-hydrogen) atoms. The Balaban J connectivity index is 1.15. The van der Waals surface area contributed by atoms with Crippen LogP contribution in [0.1, 0.15) is 47.2 Å². The summed E-state index contributed by atoms with van der Waals surface area (Å²) in [6.45, 7) is 4.74. The van der Waals surface area contributed by atoms with Crippen molar-refractivity contribution in [3.63, 3.8) is 0 Å². The average Bonchev–Trinajstić information content (AvgIpc) is 3.52. The molecular formula is C49H35N3. The van der Waals surface area contributed by atoms with E-state index in [9.17, 15) is 0 Å². The lowest BCUT2D eigenvalue weighted by Crippen LogP contribution is -2.40. The van der Waals surface area contributed by atoms with E-state index in [0.29, 0.717) is 17.5 Å². The summed E-state index contributed by atoms with van der Waals surface area (Å²) in [5, 5.41) is 0. The molecule has 0 radical (unpaired) electrons. The average molecular weight is 666 g/mol. The summed E-state index contributed by atoms with van der Waals surface area (Å²) >= 11 is 0. The largest absolute Gasteiger partial charge is 0.208 e. The first-order chi connectivity index (χ1) is 25.5. The fourth-order valence-corrected chi connectivity index (χ4v) is 8.89. The van der Waals surface area contributed by atoms with Gasteiger partial charge in [0.1, 0.15) is 0 Å². The molecule has 0 aliphatic heterocycles. The molecule has 2 aliphatic rings. The third kappa shape index (κ3) is 4.36. The van der Waals surface area contributed by atoms with Crippen LogP contribution in [0.4, 0.5) is 0 Å². The van der Waals surface area contributed by atoms with Crippen LogP contribution in [0.5, 0.6) is 0 Å². The molecule has 10 rings (SSSR count). The molecule has 0 unspecified atom stereocenters. The number of nitrogens with zero attached hydrogens (tertiary/aromatic N) is 3. The van der Waals surface area contributed by atoms with Crippen LogP contribution in [0.15, 0.2) is 176 Å². The van der Waals surface area contributed by atoms with Gasteiger partial charge in [-0.3, -0.25) is 0 Å². The second kappa shape index (κ2) is 11.5. The third-order valence-electron chi connectivity index (χ3n) is 11.2. The quantitative estimate of drug-likeness (QED) is 0.188. The molecule has 3 heteroatoms. The minimum Gasteiger partial charge on any atom is -0.208 e. The molecule has 246 valence electrons. The molecule has 0 saturated carbocycles. The zero-order valence-electron chi connectivity index (χ0n) is 29.1. The van der Waals surface area contributed by atoms with E-state index in [0.717, 1.165) is 22.3 Å². The minimum atomic E-state index is -0.420. The molecule has 0 bridgehead atoms. The minimum absolute atomic E-state index is 0.126. The molecular weight excluding hydrogens is 631 g/mol. The summed E-state index contributed by atoms with van der Waals surface area (Å²) in [5.41, 5.74) is 15.5. The highest BCUT2D eigenvalue weighted by molar-refractivity contribution is 5.96. The molecule has 3 nitrogen and oxygen atoms in total. The van der Waals surface area contributed by atoms with E-state index in [1.807, 2.05) is 60.7 Å². The molecule has 0 N–H and O–H groups in total.